The van der Waals surface area contributed by atoms with Crippen LogP contribution in [0.4, 0.5) is 4.79 Å². The molecule has 2 atom stereocenters. The standard InChI is InChI=1S/C26H29N3O6/c1-16(25(33)29-12-11-28(14-24(31)32)23(30)13-29)17(2)27-26(34)35-15-22-20-9-5-3-7-18(20)19-8-4-6-10-21(19)22/h3-10,16-17,22H,11-15H2,1-2H3,(H,27,34)(H,31,32). The Kier molecular flexibility index (Phi) is 7.04. The molecule has 4 rings (SSSR count). The first-order chi connectivity index (χ1) is 16.8. The molecule has 9 heteroatoms. The van der Waals surface area contributed by atoms with E-state index < -0.39 is 29.9 Å². The van der Waals surface area contributed by atoms with E-state index in [0.717, 1.165) is 22.3 Å². The van der Waals surface area contributed by atoms with E-state index in [1.54, 1.807) is 13.8 Å². The summed E-state index contributed by atoms with van der Waals surface area (Å²) in [5, 5.41) is 11.6. The average Bonchev–Trinajstić information content (AvgIpc) is 3.16. The van der Waals surface area contributed by atoms with E-state index in [1.807, 2.05) is 36.4 Å². The minimum absolute atomic E-state index is 0.0596. The van der Waals surface area contributed by atoms with Gasteiger partial charge in [-0.1, -0.05) is 55.5 Å². The quantitative estimate of drug-likeness (QED) is 0.630. The highest BCUT2D eigenvalue weighted by Crippen LogP contribution is 2.44. The minimum Gasteiger partial charge on any atom is -0.480 e. The van der Waals surface area contributed by atoms with Crippen molar-refractivity contribution in [3.8, 4) is 11.1 Å². The van der Waals surface area contributed by atoms with Gasteiger partial charge in [-0.05, 0) is 29.2 Å². The molecule has 1 fully saturated rings. The van der Waals surface area contributed by atoms with Crippen LogP contribution in [-0.2, 0) is 19.1 Å². The zero-order valence-electron chi connectivity index (χ0n) is 19.8. The van der Waals surface area contributed by atoms with Crippen molar-refractivity contribution in [2.45, 2.75) is 25.8 Å². The highest BCUT2D eigenvalue weighted by molar-refractivity contribution is 5.89. The molecule has 1 saturated heterocycles. The number of piperazine rings is 1. The average molecular weight is 480 g/mol. The van der Waals surface area contributed by atoms with Crippen LogP contribution < -0.4 is 5.32 Å². The van der Waals surface area contributed by atoms with Crippen molar-refractivity contribution >= 4 is 23.9 Å². The van der Waals surface area contributed by atoms with Crippen molar-refractivity contribution in [1.82, 2.24) is 15.1 Å². The second kappa shape index (κ2) is 10.2. The molecule has 9 nitrogen and oxygen atoms in total. The first-order valence-electron chi connectivity index (χ1n) is 11.7. The third-order valence-electron chi connectivity index (χ3n) is 6.79. The third kappa shape index (κ3) is 5.13. The normalized spacial score (nSPS) is 16.8. The summed E-state index contributed by atoms with van der Waals surface area (Å²) in [5.74, 6) is -2.42. The summed E-state index contributed by atoms with van der Waals surface area (Å²) in [6, 6.07) is 15.6. The number of rotatable bonds is 7. The number of carboxylic acid groups (broad SMARTS) is 1. The van der Waals surface area contributed by atoms with Gasteiger partial charge in [0.25, 0.3) is 0 Å². The van der Waals surface area contributed by atoms with Gasteiger partial charge < -0.3 is 25.0 Å². The number of hydrogen-bond acceptors (Lipinski definition) is 5. The van der Waals surface area contributed by atoms with E-state index >= 15 is 0 Å². The minimum atomic E-state index is -1.09. The summed E-state index contributed by atoms with van der Waals surface area (Å²) in [7, 11) is 0. The van der Waals surface area contributed by atoms with E-state index in [0.29, 0.717) is 0 Å². The molecule has 0 aromatic heterocycles. The fraction of sp³-hybridized carbons (Fsp3) is 0.385. The first kappa shape index (κ1) is 24.3. The Balaban J connectivity index is 1.31. The van der Waals surface area contributed by atoms with Crippen LogP contribution in [0.25, 0.3) is 11.1 Å². The molecular formula is C26H29N3O6. The van der Waals surface area contributed by atoms with Gasteiger partial charge in [-0.25, -0.2) is 4.79 Å². The number of alkyl carbamates (subject to hydrolysis) is 1. The van der Waals surface area contributed by atoms with E-state index in [4.69, 9.17) is 9.84 Å². The summed E-state index contributed by atoms with van der Waals surface area (Å²) < 4.78 is 5.56. The van der Waals surface area contributed by atoms with Gasteiger partial charge in [0.1, 0.15) is 13.2 Å². The maximum absolute atomic E-state index is 12.9. The SMILES string of the molecule is CC(NC(=O)OCC1c2ccccc2-c2ccccc21)C(C)C(=O)N1CCN(CC(=O)O)C(=O)C1. The molecule has 184 valence electrons. The van der Waals surface area contributed by atoms with Crippen LogP contribution in [0.15, 0.2) is 48.5 Å². The number of ether oxygens (including phenoxy) is 1. The fourth-order valence-electron chi connectivity index (χ4n) is 4.68. The second-order valence-electron chi connectivity index (χ2n) is 9.02. The fourth-order valence-corrected chi connectivity index (χ4v) is 4.68. The molecule has 0 spiro atoms. The Morgan fingerprint density at radius 1 is 1.03 bits per heavy atom. The van der Waals surface area contributed by atoms with Crippen LogP contribution in [0.2, 0.25) is 0 Å². The van der Waals surface area contributed by atoms with E-state index in [-0.39, 0.29) is 44.6 Å². The molecule has 0 radical (unpaired) electrons. The van der Waals surface area contributed by atoms with Gasteiger partial charge >= 0.3 is 12.1 Å². The number of carbonyl (C=O) groups is 4. The van der Waals surface area contributed by atoms with Crippen LogP contribution in [0, 0.1) is 5.92 Å². The van der Waals surface area contributed by atoms with Crippen LogP contribution in [0.3, 0.4) is 0 Å². The van der Waals surface area contributed by atoms with Crippen LogP contribution in [-0.4, -0.2) is 77.6 Å². The summed E-state index contributed by atoms with van der Waals surface area (Å²) in [4.78, 5) is 51.1. The molecule has 1 heterocycles. The Bertz CT molecular complexity index is 1100. The molecule has 2 aromatic carbocycles. The molecule has 0 bridgehead atoms. The van der Waals surface area contributed by atoms with E-state index in [2.05, 4.69) is 17.4 Å². The molecule has 1 aliphatic carbocycles. The lowest BCUT2D eigenvalue weighted by molar-refractivity contribution is -0.151. The van der Waals surface area contributed by atoms with Gasteiger partial charge in [-0.2, -0.15) is 0 Å². The highest BCUT2D eigenvalue weighted by atomic mass is 16.5. The van der Waals surface area contributed by atoms with Crippen molar-refractivity contribution in [3.05, 3.63) is 59.7 Å². The number of carboxylic acids is 1. The molecular weight excluding hydrogens is 450 g/mol. The summed E-state index contributed by atoms with van der Waals surface area (Å²) in [6.45, 7) is 3.44. The Labute approximate surface area is 203 Å². The van der Waals surface area contributed by atoms with E-state index in [1.165, 1.54) is 9.80 Å². The van der Waals surface area contributed by atoms with Crippen molar-refractivity contribution in [2.75, 3.05) is 32.8 Å². The Morgan fingerprint density at radius 3 is 2.20 bits per heavy atom. The molecule has 2 aliphatic rings. The number of carbonyl (C=O) groups excluding carboxylic acids is 3. The maximum atomic E-state index is 12.9. The molecule has 35 heavy (non-hydrogen) atoms. The topological polar surface area (TPSA) is 116 Å². The van der Waals surface area contributed by atoms with E-state index in [9.17, 15) is 19.2 Å². The van der Waals surface area contributed by atoms with Gasteiger partial charge in [0.05, 0.1) is 12.5 Å². The number of nitrogens with zero attached hydrogens (tertiary/aromatic N) is 2. The Hall–Kier alpha value is -3.88. The van der Waals surface area contributed by atoms with Gasteiger partial charge in [-0.15, -0.1) is 0 Å². The largest absolute Gasteiger partial charge is 0.480 e. The number of aliphatic carboxylic acids is 1. The maximum Gasteiger partial charge on any atom is 0.407 e. The van der Waals surface area contributed by atoms with Crippen molar-refractivity contribution in [1.29, 1.82) is 0 Å². The monoisotopic (exact) mass is 479 g/mol. The molecule has 2 aromatic rings. The predicted octanol–water partition coefficient (Wildman–Crippen LogP) is 2.31. The number of fused-ring (bicyclic) bond motifs is 3. The lowest BCUT2D eigenvalue weighted by Gasteiger charge is -2.35. The van der Waals surface area contributed by atoms with Crippen molar-refractivity contribution in [2.24, 2.45) is 5.92 Å². The smallest absolute Gasteiger partial charge is 0.407 e. The van der Waals surface area contributed by atoms with Crippen LogP contribution >= 0.6 is 0 Å². The summed E-state index contributed by atoms with van der Waals surface area (Å²) in [6.07, 6.45) is -0.610. The summed E-state index contributed by atoms with van der Waals surface area (Å²) in [5.41, 5.74) is 4.51. The molecule has 2 unspecified atom stereocenters. The number of nitrogens with one attached hydrogen (secondary N) is 1. The zero-order chi connectivity index (χ0) is 25.1. The molecule has 3 amide bonds. The van der Waals surface area contributed by atoms with Crippen LogP contribution in [0.5, 0.6) is 0 Å². The predicted molar refractivity (Wildman–Crippen MR) is 128 cm³/mol. The highest BCUT2D eigenvalue weighted by Gasteiger charge is 2.33. The second-order valence-corrected chi connectivity index (χ2v) is 9.02. The Morgan fingerprint density at radius 2 is 1.63 bits per heavy atom. The van der Waals surface area contributed by atoms with Gasteiger partial charge in [0.15, 0.2) is 0 Å². The summed E-state index contributed by atoms with van der Waals surface area (Å²) >= 11 is 0. The third-order valence-corrected chi connectivity index (χ3v) is 6.79. The van der Waals surface area contributed by atoms with Crippen molar-refractivity contribution < 1.29 is 29.0 Å². The van der Waals surface area contributed by atoms with Crippen molar-refractivity contribution in [3.63, 3.8) is 0 Å². The molecule has 1 aliphatic heterocycles. The van der Waals surface area contributed by atoms with Gasteiger partial charge in [0, 0.05) is 25.0 Å². The first-order valence-corrected chi connectivity index (χ1v) is 11.7. The number of amides is 3. The lowest BCUT2D eigenvalue weighted by atomic mass is 9.98. The molecule has 2 N–H and O–H groups in total. The zero-order valence-corrected chi connectivity index (χ0v) is 19.8. The number of benzene rings is 2. The lowest BCUT2D eigenvalue weighted by Crippen LogP contribution is -2.56. The van der Waals surface area contributed by atoms with Gasteiger partial charge in [-0.3, -0.25) is 14.4 Å². The molecule has 0 saturated carbocycles. The van der Waals surface area contributed by atoms with Gasteiger partial charge in [0.2, 0.25) is 11.8 Å². The number of hydrogen-bond donors (Lipinski definition) is 2. The van der Waals surface area contributed by atoms with Crippen LogP contribution in [0.1, 0.15) is 30.9 Å².